The lowest BCUT2D eigenvalue weighted by atomic mass is 9.96. The highest BCUT2D eigenvalue weighted by molar-refractivity contribution is 5.74. The number of carbonyl (C=O) groups is 1. The van der Waals surface area contributed by atoms with Gasteiger partial charge < -0.3 is 15.2 Å². The Morgan fingerprint density at radius 1 is 1.36 bits per heavy atom. The van der Waals surface area contributed by atoms with E-state index < -0.39 is 0 Å². The summed E-state index contributed by atoms with van der Waals surface area (Å²) in [4.78, 5) is 16.0. The predicted molar refractivity (Wildman–Crippen MR) is 85.6 cm³/mol. The first-order valence-corrected chi connectivity index (χ1v) is 7.74. The summed E-state index contributed by atoms with van der Waals surface area (Å²) < 4.78 is 1.96. The van der Waals surface area contributed by atoms with Crippen LogP contribution < -0.4 is 10.6 Å². The molecular weight excluding hydrogens is 276 g/mol. The van der Waals surface area contributed by atoms with Gasteiger partial charge in [-0.3, -0.25) is 0 Å². The van der Waals surface area contributed by atoms with Crippen molar-refractivity contribution < 1.29 is 4.79 Å². The fourth-order valence-electron chi connectivity index (χ4n) is 2.79. The van der Waals surface area contributed by atoms with Crippen molar-refractivity contribution >= 4 is 6.03 Å². The first-order valence-electron chi connectivity index (χ1n) is 7.74. The molecule has 2 aromatic rings. The van der Waals surface area contributed by atoms with E-state index >= 15 is 0 Å². The van der Waals surface area contributed by atoms with E-state index in [2.05, 4.69) is 39.9 Å². The van der Waals surface area contributed by atoms with Gasteiger partial charge in [0.25, 0.3) is 0 Å². The molecule has 1 unspecified atom stereocenters. The van der Waals surface area contributed by atoms with Crippen LogP contribution in [-0.4, -0.2) is 28.2 Å². The minimum Gasteiger partial charge on any atom is -0.337 e. The van der Waals surface area contributed by atoms with E-state index in [1.165, 1.54) is 5.56 Å². The summed E-state index contributed by atoms with van der Waals surface area (Å²) in [5.74, 6) is 0. The van der Waals surface area contributed by atoms with Gasteiger partial charge in [-0.1, -0.05) is 30.3 Å². The van der Waals surface area contributed by atoms with Crippen LogP contribution in [0.3, 0.4) is 0 Å². The molecule has 1 aliphatic carbocycles. The number of hydrogen-bond acceptors (Lipinski definition) is 2. The Labute approximate surface area is 130 Å². The second-order valence-electron chi connectivity index (χ2n) is 6.13. The molecule has 0 spiro atoms. The molecule has 1 aromatic carbocycles. The first-order chi connectivity index (χ1) is 10.7. The Balaban J connectivity index is 1.46. The fraction of sp³-hybridized carbons (Fsp3) is 0.412. The molecule has 0 aliphatic heterocycles. The zero-order valence-corrected chi connectivity index (χ0v) is 12.8. The second-order valence-corrected chi connectivity index (χ2v) is 6.13. The van der Waals surface area contributed by atoms with Crippen molar-refractivity contribution in [1.29, 1.82) is 0 Å². The van der Waals surface area contributed by atoms with Crippen LogP contribution in [-0.2, 0) is 12.0 Å². The number of carbonyl (C=O) groups excluding carboxylic acids is 1. The van der Waals surface area contributed by atoms with Crippen molar-refractivity contribution in [3.8, 4) is 0 Å². The number of imidazole rings is 1. The smallest absolute Gasteiger partial charge is 0.315 e. The number of nitrogens with zero attached hydrogens (tertiary/aromatic N) is 2. The van der Waals surface area contributed by atoms with Crippen LogP contribution >= 0.6 is 0 Å². The van der Waals surface area contributed by atoms with Gasteiger partial charge in [0.05, 0.1) is 6.33 Å². The zero-order chi connectivity index (χ0) is 15.4. The maximum atomic E-state index is 12.0. The van der Waals surface area contributed by atoms with Crippen molar-refractivity contribution in [2.45, 2.75) is 37.8 Å². The largest absolute Gasteiger partial charge is 0.337 e. The van der Waals surface area contributed by atoms with Crippen LogP contribution in [0.1, 0.15) is 25.3 Å². The third-order valence-electron chi connectivity index (χ3n) is 4.25. The van der Waals surface area contributed by atoms with Crippen molar-refractivity contribution in [3.63, 3.8) is 0 Å². The third-order valence-corrected chi connectivity index (χ3v) is 4.25. The molecule has 5 heteroatoms. The second kappa shape index (κ2) is 6.22. The molecular formula is C17H22N4O. The molecule has 1 saturated carbocycles. The van der Waals surface area contributed by atoms with Crippen LogP contribution in [0.2, 0.25) is 0 Å². The van der Waals surface area contributed by atoms with Crippen molar-refractivity contribution in [1.82, 2.24) is 20.2 Å². The highest BCUT2D eigenvalue weighted by Crippen LogP contribution is 2.47. The van der Waals surface area contributed by atoms with E-state index in [4.69, 9.17) is 0 Å². The molecule has 22 heavy (non-hydrogen) atoms. The van der Waals surface area contributed by atoms with Gasteiger partial charge in [-0.15, -0.1) is 0 Å². The summed E-state index contributed by atoms with van der Waals surface area (Å²) >= 11 is 0. The van der Waals surface area contributed by atoms with Gasteiger partial charge in [0.1, 0.15) is 0 Å². The minimum absolute atomic E-state index is 0.0566. The molecule has 2 N–H and O–H groups in total. The maximum Gasteiger partial charge on any atom is 0.315 e. The summed E-state index contributed by atoms with van der Waals surface area (Å²) in [5.41, 5.74) is 1.47. The summed E-state index contributed by atoms with van der Waals surface area (Å²) in [7, 11) is 0. The molecule has 1 aliphatic rings. The van der Waals surface area contributed by atoms with Gasteiger partial charge in [0, 0.05) is 36.9 Å². The lowest BCUT2D eigenvalue weighted by molar-refractivity contribution is 0.235. The number of amides is 2. The molecule has 1 aromatic heterocycles. The molecule has 0 bridgehead atoms. The highest BCUT2D eigenvalue weighted by atomic mass is 16.2. The van der Waals surface area contributed by atoms with Crippen molar-refractivity contribution in [2.24, 2.45) is 0 Å². The standard InChI is InChI=1S/C17H22N4O/c1-14(11-21-10-9-18-13-21)20-16(22)19-12-17(7-8-17)15-5-3-2-4-6-15/h2-6,9-10,13-14H,7-8,11-12H2,1H3,(H2,19,20,22). The molecule has 1 heterocycles. The number of benzene rings is 1. The fourth-order valence-corrected chi connectivity index (χ4v) is 2.79. The number of rotatable bonds is 6. The maximum absolute atomic E-state index is 12.0. The van der Waals surface area contributed by atoms with E-state index in [0.717, 1.165) is 19.4 Å². The summed E-state index contributed by atoms with van der Waals surface area (Å²) in [6.45, 7) is 3.40. The Kier molecular flexibility index (Phi) is 4.13. The topological polar surface area (TPSA) is 59.0 Å². The molecule has 1 fully saturated rings. The average molecular weight is 298 g/mol. The highest BCUT2D eigenvalue weighted by Gasteiger charge is 2.44. The molecule has 0 saturated heterocycles. The molecule has 1 atom stereocenters. The Morgan fingerprint density at radius 2 is 2.14 bits per heavy atom. The van der Waals surface area contributed by atoms with Gasteiger partial charge in [0.2, 0.25) is 0 Å². The summed E-state index contributed by atoms with van der Waals surface area (Å²) in [6, 6.07) is 10.4. The van der Waals surface area contributed by atoms with Gasteiger partial charge in [-0.2, -0.15) is 0 Å². The monoisotopic (exact) mass is 298 g/mol. The van der Waals surface area contributed by atoms with Crippen molar-refractivity contribution in [2.75, 3.05) is 6.54 Å². The normalized spacial score (nSPS) is 16.8. The molecule has 2 amide bonds. The van der Waals surface area contributed by atoms with Crippen LogP contribution in [0.25, 0.3) is 0 Å². The van der Waals surface area contributed by atoms with Crippen LogP contribution in [0.5, 0.6) is 0 Å². The zero-order valence-electron chi connectivity index (χ0n) is 12.8. The van der Waals surface area contributed by atoms with Crippen LogP contribution in [0.15, 0.2) is 49.1 Å². The summed E-state index contributed by atoms with van der Waals surface area (Å²) in [5, 5.41) is 5.99. The molecule has 116 valence electrons. The lowest BCUT2D eigenvalue weighted by Crippen LogP contribution is -2.44. The number of nitrogens with one attached hydrogen (secondary N) is 2. The third kappa shape index (κ3) is 3.47. The number of aromatic nitrogens is 2. The Morgan fingerprint density at radius 3 is 2.77 bits per heavy atom. The Hall–Kier alpha value is -2.30. The lowest BCUT2D eigenvalue weighted by Gasteiger charge is -2.19. The average Bonchev–Trinajstić information content (AvgIpc) is 3.16. The minimum atomic E-state index is -0.102. The Bertz CT molecular complexity index is 605. The van der Waals surface area contributed by atoms with E-state index in [-0.39, 0.29) is 17.5 Å². The van der Waals surface area contributed by atoms with E-state index in [9.17, 15) is 4.79 Å². The van der Waals surface area contributed by atoms with Gasteiger partial charge in [0.15, 0.2) is 0 Å². The summed E-state index contributed by atoms with van der Waals surface area (Å²) in [6.07, 6.45) is 7.67. The number of urea groups is 1. The quantitative estimate of drug-likeness (QED) is 0.859. The van der Waals surface area contributed by atoms with E-state index in [1.54, 1.807) is 12.5 Å². The van der Waals surface area contributed by atoms with Crippen molar-refractivity contribution in [3.05, 3.63) is 54.6 Å². The molecule has 5 nitrogen and oxygen atoms in total. The van der Waals surface area contributed by atoms with Gasteiger partial charge >= 0.3 is 6.03 Å². The van der Waals surface area contributed by atoms with Gasteiger partial charge in [-0.05, 0) is 25.3 Å². The van der Waals surface area contributed by atoms with E-state index in [0.29, 0.717) is 6.54 Å². The number of hydrogen-bond donors (Lipinski definition) is 2. The predicted octanol–water partition coefficient (Wildman–Crippen LogP) is 2.30. The SMILES string of the molecule is CC(Cn1ccnc1)NC(=O)NCC1(c2ccccc2)CC1. The molecule has 3 rings (SSSR count). The van der Waals surface area contributed by atoms with Gasteiger partial charge in [-0.25, -0.2) is 9.78 Å². The van der Waals surface area contributed by atoms with Crippen LogP contribution in [0, 0.1) is 0 Å². The van der Waals surface area contributed by atoms with E-state index in [1.807, 2.05) is 23.8 Å². The molecule has 0 radical (unpaired) electrons. The van der Waals surface area contributed by atoms with Crippen LogP contribution in [0.4, 0.5) is 4.79 Å². The first kappa shape index (κ1) is 14.6.